The van der Waals surface area contributed by atoms with E-state index >= 15 is 0 Å². The van der Waals surface area contributed by atoms with Crippen molar-refractivity contribution >= 4 is 16.9 Å². The Morgan fingerprint density at radius 3 is 2.62 bits per heavy atom. The molecule has 0 bridgehead atoms. The second-order valence-electron chi connectivity index (χ2n) is 6.39. The Labute approximate surface area is 151 Å². The molecule has 0 atom stereocenters. The van der Waals surface area contributed by atoms with E-state index in [1.54, 1.807) is 12.1 Å². The Kier molecular flexibility index (Phi) is 4.63. The molecule has 1 fully saturated rings. The number of hydrogen-bond acceptors (Lipinski definition) is 5. The fourth-order valence-corrected chi connectivity index (χ4v) is 3.15. The van der Waals surface area contributed by atoms with Crippen molar-refractivity contribution < 1.29 is 13.9 Å². The lowest BCUT2D eigenvalue weighted by atomic mass is 10.1. The van der Waals surface area contributed by atoms with Gasteiger partial charge in [-0.15, -0.1) is 0 Å². The minimum absolute atomic E-state index is 0.0366. The van der Waals surface area contributed by atoms with Crippen molar-refractivity contribution in [3.05, 3.63) is 69.9 Å². The van der Waals surface area contributed by atoms with Crippen molar-refractivity contribution in [1.29, 1.82) is 0 Å². The molecule has 0 radical (unpaired) electrons. The molecular formula is C21H21NO4. The van der Waals surface area contributed by atoms with Crippen LogP contribution in [0.15, 0.2) is 57.7 Å². The number of ether oxygens (including phenoxy) is 2. The van der Waals surface area contributed by atoms with Crippen LogP contribution in [0.1, 0.15) is 11.1 Å². The van der Waals surface area contributed by atoms with E-state index in [4.69, 9.17) is 13.9 Å². The molecule has 2 heterocycles. The minimum atomic E-state index is -0.0366. The van der Waals surface area contributed by atoms with Crippen molar-refractivity contribution in [3.63, 3.8) is 0 Å². The molecule has 134 valence electrons. The topological polar surface area (TPSA) is 51.9 Å². The summed E-state index contributed by atoms with van der Waals surface area (Å²) in [5, 5.41) is 0.576. The normalized spacial score (nSPS) is 14.6. The highest BCUT2D eigenvalue weighted by molar-refractivity contribution is 5.82. The van der Waals surface area contributed by atoms with Crippen LogP contribution >= 0.6 is 0 Å². The van der Waals surface area contributed by atoms with Gasteiger partial charge in [0.2, 0.25) is 0 Å². The highest BCUT2D eigenvalue weighted by Gasteiger charge is 2.17. The van der Waals surface area contributed by atoms with Crippen LogP contribution in [0, 0.1) is 6.92 Å². The number of rotatable bonds is 4. The average molecular weight is 351 g/mol. The van der Waals surface area contributed by atoms with E-state index in [9.17, 15) is 4.79 Å². The molecule has 1 saturated heterocycles. The van der Waals surface area contributed by atoms with E-state index in [-0.39, 0.29) is 5.43 Å². The summed E-state index contributed by atoms with van der Waals surface area (Å²) in [7, 11) is 0. The first-order valence-electron chi connectivity index (χ1n) is 8.79. The SMILES string of the molecule is Cc1c(OCc2ccccc2)ccc2c(=O)cc(N3CCOCC3)oc12. The first-order chi connectivity index (χ1) is 12.7. The summed E-state index contributed by atoms with van der Waals surface area (Å²) >= 11 is 0. The van der Waals surface area contributed by atoms with Crippen LogP contribution in [0.25, 0.3) is 11.0 Å². The van der Waals surface area contributed by atoms with Gasteiger partial charge in [0.1, 0.15) is 17.9 Å². The molecule has 4 rings (SSSR count). The molecule has 0 aliphatic carbocycles. The molecule has 1 aromatic heterocycles. The first kappa shape index (κ1) is 16.7. The zero-order valence-corrected chi connectivity index (χ0v) is 14.7. The van der Waals surface area contributed by atoms with Crippen molar-refractivity contribution in [2.24, 2.45) is 0 Å². The fraction of sp³-hybridized carbons (Fsp3) is 0.286. The van der Waals surface area contributed by atoms with Gasteiger partial charge in [-0.2, -0.15) is 0 Å². The molecule has 0 saturated carbocycles. The van der Waals surface area contributed by atoms with Gasteiger partial charge in [0.25, 0.3) is 0 Å². The van der Waals surface area contributed by atoms with Crippen molar-refractivity contribution in [2.75, 3.05) is 31.2 Å². The maximum atomic E-state index is 12.5. The maximum absolute atomic E-state index is 12.5. The number of aryl methyl sites for hydroxylation is 1. The number of benzene rings is 2. The summed E-state index contributed by atoms with van der Waals surface area (Å²) in [5.74, 6) is 1.32. The summed E-state index contributed by atoms with van der Waals surface area (Å²) in [6.45, 7) is 5.12. The molecular weight excluding hydrogens is 330 g/mol. The third kappa shape index (κ3) is 3.30. The van der Waals surface area contributed by atoms with Crippen LogP contribution in [0.2, 0.25) is 0 Å². The van der Waals surface area contributed by atoms with E-state index in [2.05, 4.69) is 0 Å². The van der Waals surface area contributed by atoms with Gasteiger partial charge < -0.3 is 18.8 Å². The lowest BCUT2D eigenvalue weighted by Gasteiger charge is -2.27. The maximum Gasteiger partial charge on any atom is 0.200 e. The molecule has 3 aromatic rings. The van der Waals surface area contributed by atoms with E-state index < -0.39 is 0 Å². The minimum Gasteiger partial charge on any atom is -0.488 e. The zero-order chi connectivity index (χ0) is 17.9. The van der Waals surface area contributed by atoms with Crippen LogP contribution in [-0.4, -0.2) is 26.3 Å². The van der Waals surface area contributed by atoms with Crippen LogP contribution in [0.3, 0.4) is 0 Å². The quantitative estimate of drug-likeness (QED) is 0.720. The second kappa shape index (κ2) is 7.22. The fourth-order valence-electron chi connectivity index (χ4n) is 3.15. The van der Waals surface area contributed by atoms with E-state index in [1.165, 1.54) is 0 Å². The van der Waals surface area contributed by atoms with E-state index in [1.807, 2.05) is 48.2 Å². The summed E-state index contributed by atoms with van der Waals surface area (Å²) in [5.41, 5.74) is 2.48. The molecule has 26 heavy (non-hydrogen) atoms. The number of morpholine rings is 1. The standard InChI is InChI=1S/C21H21NO4/c1-15-19(25-14-16-5-3-2-4-6-16)8-7-17-18(23)13-20(26-21(15)17)22-9-11-24-12-10-22/h2-8,13H,9-12,14H2,1H3. The van der Waals surface area contributed by atoms with Crippen LogP contribution in [-0.2, 0) is 11.3 Å². The van der Waals surface area contributed by atoms with Gasteiger partial charge >= 0.3 is 0 Å². The van der Waals surface area contributed by atoms with Gasteiger partial charge in [-0.3, -0.25) is 4.79 Å². The third-order valence-corrected chi connectivity index (χ3v) is 4.64. The highest BCUT2D eigenvalue weighted by Crippen LogP contribution is 2.29. The van der Waals surface area contributed by atoms with Gasteiger partial charge in [0, 0.05) is 24.7 Å². The summed E-state index contributed by atoms with van der Waals surface area (Å²) in [6.07, 6.45) is 0. The predicted octanol–water partition coefficient (Wildman–Crippen LogP) is 3.52. The van der Waals surface area contributed by atoms with Gasteiger partial charge in [0.05, 0.1) is 18.6 Å². The Morgan fingerprint density at radius 1 is 1.08 bits per heavy atom. The Hall–Kier alpha value is -2.79. The number of fused-ring (bicyclic) bond motifs is 1. The smallest absolute Gasteiger partial charge is 0.200 e. The largest absolute Gasteiger partial charge is 0.488 e. The van der Waals surface area contributed by atoms with Crippen LogP contribution in [0.4, 0.5) is 5.88 Å². The van der Waals surface area contributed by atoms with Gasteiger partial charge in [0.15, 0.2) is 11.3 Å². The highest BCUT2D eigenvalue weighted by atomic mass is 16.5. The number of anilines is 1. The van der Waals surface area contributed by atoms with Crippen LogP contribution in [0.5, 0.6) is 5.75 Å². The summed E-state index contributed by atoms with van der Waals surface area (Å²) in [6, 6.07) is 15.2. The lowest BCUT2D eigenvalue weighted by Crippen LogP contribution is -2.36. The zero-order valence-electron chi connectivity index (χ0n) is 14.7. The Bertz CT molecular complexity index is 959. The predicted molar refractivity (Wildman–Crippen MR) is 101 cm³/mol. The third-order valence-electron chi connectivity index (χ3n) is 4.64. The molecule has 0 unspecified atom stereocenters. The Balaban J connectivity index is 1.67. The molecule has 1 aliphatic rings. The Morgan fingerprint density at radius 2 is 1.85 bits per heavy atom. The summed E-state index contributed by atoms with van der Waals surface area (Å²) < 4.78 is 17.4. The van der Waals surface area contributed by atoms with Crippen molar-refractivity contribution in [2.45, 2.75) is 13.5 Å². The van der Waals surface area contributed by atoms with Crippen molar-refractivity contribution in [3.8, 4) is 5.75 Å². The van der Waals surface area contributed by atoms with Crippen molar-refractivity contribution in [1.82, 2.24) is 0 Å². The molecule has 1 aliphatic heterocycles. The lowest BCUT2D eigenvalue weighted by molar-refractivity contribution is 0.121. The van der Waals surface area contributed by atoms with Gasteiger partial charge in [-0.25, -0.2) is 0 Å². The average Bonchev–Trinajstić information content (AvgIpc) is 2.69. The number of nitrogens with zero attached hydrogens (tertiary/aromatic N) is 1. The van der Waals surface area contributed by atoms with E-state index in [0.717, 1.165) is 30.0 Å². The van der Waals surface area contributed by atoms with Crippen LogP contribution < -0.4 is 15.1 Å². The molecule has 0 amide bonds. The van der Waals surface area contributed by atoms with E-state index in [0.29, 0.717) is 36.7 Å². The molecule has 0 N–H and O–H groups in total. The molecule has 0 spiro atoms. The van der Waals surface area contributed by atoms with Gasteiger partial charge in [-0.1, -0.05) is 30.3 Å². The first-order valence-corrected chi connectivity index (χ1v) is 8.79. The molecule has 5 heteroatoms. The molecule has 5 nitrogen and oxygen atoms in total. The summed E-state index contributed by atoms with van der Waals surface area (Å²) in [4.78, 5) is 14.6. The van der Waals surface area contributed by atoms with Gasteiger partial charge in [-0.05, 0) is 24.6 Å². The molecule has 2 aromatic carbocycles. The second-order valence-corrected chi connectivity index (χ2v) is 6.39. The number of hydrogen-bond donors (Lipinski definition) is 0. The monoisotopic (exact) mass is 351 g/mol.